The number of nitrogens with one attached hydrogen (secondary N) is 1. The van der Waals surface area contributed by atoms with Crippen molar-refractivity contribution < 1.29 is 24.2 Å². The van der Waals surface area contributed by atoms with Crippen LogP contribution >= 0.6 is 0 Å². The Hall–Kier alpha value is -2.08. The first-order chi connectivity index (χ1) is 10.1. The Morgan fingerprint density at radius 2 is 2.14 bits per heavy atom. The molecule has 1 aliphatic rings. The number of benzene rings is 1. The number of anilines is 1. The van der Waals surface area contributed by atoms with Crippen LogP contribution in [-0.4, -0.2) is 31.7 Å². The SMILES string of the molecule is COc1ccc(NC(=O)[C@H](CC(=O)[O-])[C@H]2CCCO2)cc1. The minimum atomic E-state index is -1.25. The summed E-state index contributed by atoms with van der Waals surface area (Å²) in [6.45, 7) is 0.560. The number of carbonyl (C=O) groups excluding carboxylic acids is 2. The van der Waals surface area contributed by atoms with Gasteiger partial charge in [0.05, 0.1) is 19.1 Å². The maximum atomic E-state index is 12.3. The number of aliphatic carboxylic acids is 1. The number of rotatable bonds is 6. The van der Waals surface area contributed by atoms with E-state index in [1.165, 1.54) is 0 Å². The zero-order valence-electron chi connectivity index (χ0n) is 11.8. The third-order valence-corrected chi connectivity index (χ3v) is 3.49. The molecular formula is C15H18NO5-. The molecule has 1 heterocycles. The first-order valence-corrected chi connectivity index (χ1v) is 6.86. The Morgan fingerprint density at radius 1 is 1.43 bits per heavy atom. The van der Waals surface area contributed by atoms with E-state index in [-0.39, 0.29) is 18.4 Å². The molecule has 1 amide bonds. The van der Waals surface area contributed by atoms with Crippen LogP contribution in [0.1, 0.15) is 19.3 Å². The summed E-state index contributed by atoms with van der Waals surface area (Å²) in [5.41, 5.74) is 0.585. The van der Waals surface area contributed by atoms with Crippen LogP contribution in [0.25, 0.3) is 0 Å². The third-order valence-electron chi connectivity index (χ3n) is 3.49. The highest BCUT2D eigenvalue weighted by atomic mass is 16.5. The average Bonchev–Trinajstić information content (AvgIpc) is 2.99. The molecule has 1 fully saturated rings. The Kier molecular flexibility index (Phi) is 5.16. The second-order valence-corrected chi connectivity index (χ2v) is 4.95. The Balaban J connectivity index is 2.04. The predicted octanol–water partition coefficient (Wildman–Crippen LogP) is 0.569. The van der Waals surface area contributed by atoms with E-state index in [4.69, 9.17) is 9.47 Å². The van der Waals surface area contributed by atoms with Crippen molar-refractivity contribution in [2.75, 3.05) is 19.0 Å². The first-order valence-electron chi connectivity index (χ1n) is 6.86. The van der Waals surface area contributed by atoms with E-state index >= 15 is 0 Å². The summed E-state index contributed by atoms with van der Waals surface area (Å²) in [5.74, 6) is -1.67. The smallest absolute Gasteiger partial charge is 0.230 e. The van der Waals surface area contributed by atoms with Crippen molar-refractivity contribution in [2.45, 2.75) is 25.4 Å². The monoisotopic (exact) mass is 292 g/mol. The van der Waals surface area contributed by atoms with Gasteiger partial charge in [-0.3, -0.25) is 4.79 Å². The molecule has 0 bridgehead atoms. The van der Waals surface area contributed by atoms with Crippen LogP contribution in [0.4, 0.5) is 5.69 Å². The number of carboxylic acids is 1. The van der Waals surface area contributed by atoms with Gasteiger partial charge in [0.1, 0.15) is 5.75 Å². The normalized spacial score (nSPS) is 19.0. The van der Waals surface area contributed by atoms with Crippen LogP contribution in [0.3, 0.4) is 0 Å². The van der Waals surface area contributed by atoms with E-state index in [1.54, 1.807) is 31.4 Å². The molecule has 1 aliphatic heterocycles. The fourth-order valence-corrected chi connectivity index (χ4v) is 2.40. The molecule has 1 N–H and O–H groups in total. The summed E-state index contributed by atoms with van der Waals surface area (Å²) in [7, 11) is 1.56. The van der Waals surface area contributed by atoms with Gasteiger partial charge in [-0.25, -0.2) is 0 Å². The summed E-state index contributed by atoms with van der Waals surface area (Å²) in [6, 6.07) is 6.83. The summed E-state index contributed by atoms with van der Waals surface area (Å²) in [5, 5.41) is 13.6. The molecule has 0 aromatic heterocycles. The molecule has 0 unspecified atom stereocenters. The van der Waals surface area contributed by atoms with Gasteiger partial charge in [0.25, 0.3) is 0 Å². The molecule has 0 radical (unpaired) electrons. The van der Waals surface area contributed by atoms with Crippen molar-refractivity contribution in [2.24, 2.45) is 5.92 Å². The minimum Gasteiger partial charge on any atom is -0.550 e. The van der Waals surface area contributed by atoms with Crippen LogP contribution in [0.15, 0.2) is 24.3 Å². The van der Waals surface area contributed by atoms with Crippen molar-refractivity contribution in [1.29, 1.82) is 0 Å². The Bertz CT molecular complexity index is 493. The maximum Gasteiger partial charge on any atom is 0.230 e. The molecule has 6 nitrogen and oxygen atoms in total. The van der Waals surface area contributed by atoms with E-state index < -0.39 is 11.9 Å². The predicted molar refractivity (Wildman–Crippen MR) is 73.7 cm³/mol. The Morgan fingerprint density at radius 3 is 2.67 bits per heavy atom. The molecule has 0 spiro atoms. The van der Waals surface area contributed by atoms with Crippen LogP contribution in [-0.2, 0) is 14.3 Å². The van der Waals surface area contributed by atoms with Gasteiger partial charge >= 0.3 is 0 Å². The lowest BCUT2D eigenvalue weighted by molar-refractivity contribution is -0.307. The molecule has 1 aromatic rings. The zero-order valence-corrected chi connectivity index (χ0v) is 11.8. The quantitative estimate of drug-likeness (QED) is 0.828. The van der Waals surface area contributed by atoms with Crippen molar-refractivity contribution in [3.63, 3.8) is 0 Å². The Labute approximate surface area is 123 Å². The lowest BCUT2D eigenvalue weighted by Crippen LogP contribution is -2.38. The molecule has 2 rings (SSSR count). The number of carbonyl (C=O) groups is 2. The van der Waals surface area contributed by atoms with Crippen molar-refractivity contribution >= 4 is 17.6 Å². The number of ether oxygens (including phenoxy) is 2. The van der Waals surface area contributed by atoms with E-state index in [0.29, 0.717) is 24.5 Å². The van der Waals surface area contributed by atoms with Gasteiger partial charge in [-0.05, 0) is 37.1 Å². The lowest BCUT2D eigenvalue weighted by atomic mass is 9.95. The summed E-state index contributed by atoms with van der Waals surface area (Å²) in [4.78, 5) is 23.1. The molecule has 114 valence electrons. The van der Waals surface area contributed by atoms with Gasteiger partial charge in [0, 0.05) is 24.7 Å². The zero-order chi connectivity index (χ0) is 15.2. The van der Waals surface area contributed by atoms with Gasteiger partial charge < -0.3 is 24.7 Å². The second kappa shape index (κ2) is 7.08. The molecule has 0 saturated carbocycles. The molecule has 2 atom stereocenters. The van der Waals surface area contributed by atoms with Gasteiger partial charge in [0.15, 0.2) is 0 Å². The highest BCUT2D eigenvalue weighted by Gasteiger charge is 2.31. The van der Waals surface area contributed by atoms with Crippen molar-refractivity contribution in [3.8, 4) is 5.75 Å². The van der Waals surface area contributed by atoms with E-state index in [9.17, 15) is 14.7 Å². The van der Waals surface area contributed by atoms with Crippen LogP contribution in [0, 0.1) is 5.92 Å². The number of hydrogen-bond acceptors (Lipinski definition) is 5. The van der Waals surface area contributed by atoms with E-state index in [1.807, 2.05) is 0 Å². The van der Waals surface area contributed by atoms with Gasteiger partial charge in [-0.1, -0.05) is 0 Å². The molecule has 6 heteroatoms. The topological polar surface area (TPSA) is 87.7 Å². The van der Waals surface area contributed by atoms with E-state index in [0.717, 1.165) is 6.42 Å². The maximum absolute atomic E-state index is 12.3. The summed E-state index contributed by atoms with van der Waals surface area (Å²) >= 11 is 0. The first kappa shape index (κ1) is 15.3. The van der Waals surface area contributed by atoms with Crippen LogP contribution in [0.5, 0.6) is 5.75 Å². The third kappa shape index (κ3) is 4.19. The highest BCUT2D eigenvalue weighted by molar-refractivity contribution is 5.94. The van der Waals surface area contributed by atoms with Gasteiger partial charge in [-0.2, -0.15) is 0 Å². The molecule has 0 aliphatic carbocycles. The van der Waals surface area contributed by atoms with Gasteiger partial charge in [-0.15, -0.1) is 0 Å². The lowest BCUT2D eigenvalue weighted by Gasteiger charge is -2.22. The largest absolute Gasteiger partial charge is 0.550 e. The average molecular weight is 292 g/mol. The number of methoxy groups -OCH3 is 1. The standard InChI is InChI=1S/C15H19NO5/c1-20-11-6-4-10(5-7-11)16-15(19)12(9-14(17)18)13-3-2-8-21-13/h4-7,12-13H,2-3,8-9H2,1H3,(H,16,19)(H,17,18)/p-1/t12-,13-/m1/s1. The summed E-state index contributed by atoms with van der Waals surface area (Å²) < 4.78 is 10.5. The van der Waals surface area contributed by atoms with Crippen molar-refractivity contribution in [1.82, 2.24) is 0 Å². The van der Waals surface area contributed by atoms with E-state index in [2.05, 4.69) is 5.32 Å². The fraction of sp³-hybridized carbons (Fsp3) is 0.467. The number of amides is 1. The highest BCUT2D eigenvalue weighted by Crippen LogP contribution is 2.25. The fourth-order valence-electron chi connectivity index (χ4n) is 2.40. The molecule has 21 heavy (non-hydrogen) atoms. The van der Waals surface area contributed by atoms with Gasteiger partial charge in [0.2, 0.25) is 5.91 Å². The molecule has 1 aromatic carbocycles. The second-order valence-electron chi connectivity index (χ2n) is 4.95. The summed E-state index contributed by atoms with van der Waals surface area (Å²) in [6.07, 6.45) is 0.825. The van der Waals surface area contributed by atoms with Crippen LogP contribution < -0.4 is 15.2 Å². The number of carboxylic acid groups (broad SMARTS) is 1. The molecule has 1 saturated heterocycles. The van der Waals surface area contributed by atoms with Crippen LogP contribution in [0.2, 0.25) is 0 Å². The number of hydrogen-bond donors (Lipinski definition) is 1. The molecular weight excluding hydrogens is 274 g/mol. The minimum absolute atomic E-state index is 0.341. The van der Waals surface area contributed by atoms with Crippen molar-refractivity contribution in [3.05, 3.63) is 24.3 Å².